The van der Waals surface area contributed by atoms with Gasteiger partial charge in [0.05, 0.1) is 18.1 Å². The van der Waals surface area contributed by atoms with Gasteiger partial charge in [-0.1, -0.05) is 18.2 Å². The van der Waals surface area contributed by atoms with Crippen molar-refractivity contribution >= 4 is 22.6 Å². The lowest BCUT2D eigenvalue weighted by Crippen LogP contribution is -2.30. The van der Waals surface area contributed by atoms with E-state index in [4.69, 9.17) is 4.74 Å². The second-order valence-corrected chi connectivity index (χ2v) is 6.08. The Morgan fingerprint density at radius 3 is 3.00 bits per heavy atom. The summed E-state index contributed by atoms with van der Waals surface area (Å²) in [6.45, 7) is 0.825. The SMILES string of the molecule is COc1cccc(NC(=O)C2CCn3c(nc4ccccc43)C2)c1. The lowest BCUT2D eigenvalue weighted by Gasteiger charge is -2.23. The van der Waals surface area contributed by atoms with Crippen molar-refractivity contribution in [3.63, 3.8) is 0 Å². The summed E-state index contributed by atoms with van der Waals surface area (Å²) in [5.41, 5.74) is 2.92. The van der Waals surface area contributed by atoms with Crippen molar-refractivity contribution in [2.45, 2.75) is 19.4 Å². The number of amides is 1. The Morgan fingerprint density at radius 1 is 1.25 bits per heavy atom. The van der Waals surface area contributed by atoms with Crippen LogP contribution >= 0.6 is 0 Å². The molecule has 0 aliphatic carbocycles. The highest BCUT2D eigenvalue weighted by Gasteiger charge is 2.27. The molecule has 3 aromatic rings. The summed E-state index contributed by atoms with van der Waals surface area (Å²) in [5.74, 6) is 1.72. The fourth-order valence-corrected chi connectivity index (χ4v) is 3.31. The maximum absolute atomic E-state index is 12.6. The van der Waals surface area contributed by atoms with Crippen molar-refractivity contribution in [2.24, 2.45) is 5.92 Å². The molecule has 0 fully saturated rings. The number of anilines is 1. The molecule has 1 unspecified atom stereocenters. The van der Waals surface area contributed by atoms with E-state index in [2.05, 4.69) is 20.9 Å². The van der Waals surface area contributed by atoms with Crippen molar-refractivity contribution in [3.05, 3.63) is 54.4 Å². The highest BCUT2D eigenvalue weighted by Crippen LogP contribution is 2.26. The van der Waals surface area contributed by atoms with Gasteiger partial charge in [0, 0.05) is 30.6 Å². The van der Waals surface area contributed by atoms with E-state index in [1.54, 1.807) is 7.11 Å². The summed E-state index contributed by atoms with van der Waals surface area (Å²) in [7, 11) is 1.62. The molecule has 2 aromatic carbocycles. The Bertz CT molecular complexity index is 901. The molecule has 1 atom stereocenters. The molecule has 24 heavy (non-hydrogen) atoms. The van der Waals surface area contributed by atoms with Crippen molar-refractivity contribution < 1.29 is 9.53 Å². The predicted octanol–water partition coefficient (Wildman–Crippen LogP) is 3.25. The zero-order chi connectivity index (χ0) is 16.5. The van der Waals surface area contributed by atoms with E-state index in [1.807, 2.05) is 42.5 Å². The number of para-hydroxylation sites is 2. The molecule has 122 valence electrons. The molecule has 2 heterocycles. The van der Waals surface area contributed by atoms with Gasteiger partial charge in [0.15, 0.2) is 0 Å². The predicted molar refractivity (Wildman–Crippen MR) is 93.2 cm³/mol. The van der Waals surface area contributed by atoms with Gasteiger partial charge in [-0.2, -0.15) is 0 Å². The molecule has 1 aromatic heterocycles. The Kier molecular flexibility index (Phi) is 3.69. The lowest BCUT2D eigenvalue weighted by atomic mass is 9.96. The van der Waals surface area contributed by atoms with E-state index in [9.17, 15) is 4.79 Å². The van der Waals surface area contributed by atoms with Gasteiger partial charge >= 0.3 is 0 Å². The maximum atomic E-state index is 12.6. The summed E-state index contributed by atoms with van der Waals surface area (Å²) in [6.07, 6.45) is 1.49. The standard InChI is InChI=1S/C19H19N3O2/c1-24-15-6-4-5-14(12-15)20-19(23)13-9-10-22-17-8-3-2-7-16(17)21-18(22)11-13/h2-8,12-13H,9-11H2,1H3,(H,20,23). The summed E-state index contributed by atoms with van der Waals surface area (Å²) in [4.78, 5) is 17.3. The third kappa shape index (κ3) is 2.62. The van der Waals surface area contributed by atoms with Crippen LogP contribution in [0.5, 0.6) is 5.75 Å². The Labute approximate surface area is 140 Å². The third-order valence-corrected chi connectivity index (χ3v) is 4.57. The number of nitrogens with one attached hydrogen (secondary N) is 1. The first-order valence-electron chi connectivity index (χ1n) is 8.13. The van der Waals surface area contributed by atoms with Gasteiger partial charge in [-0.05, 0) is 30.7 Å². The second kappa shape index (κ2) is 6.00. The van der Waals surface area contributed by atoms with Gasteiger partial charge in [0.1, 0.15) is 11.6 Å². The van der Waals surface area contributed by atoms with E-state index in [0.717, 1.165) is 41.3 Å². The van der Waals surface area contributed by atoms with Crippen LogP contribution < -0.4 is 10.1 Å². The summed E-state index contributed by atoms with van der Waals surface area (Å²) in [6, 6.07) is 15.6. The van der Waals surface area contributed by atoms with Crippen molar-refractivity contribution in [2.75, 3.05) is 12.4 Å². The van der Waals surface area contributed by atoms with Crippen molar-refractivity contribution in [1.82, 2.24) is 9.55 Å². The molecule has 0 saturated heterocycles. The number of ether oxygens (including phenoxy) is 1. The average Bonchev–Trinajstić information content (AvgIpc) is 2.99. The fourth-order valence-electron chi connectivity index (χ4n) is 3.31. The van der Waals surface area contributed by atoms with Crippen molar-refractivity contribution in [3.8, 4) is 5.75 Å². The van der Waals surface area contributed by atoms with Gasteiger partial charge in [-0.3, -0.25) is 4.79 Å². The average molecular weight is 321 g/mol. The van der Waals surface area contributed by atoms with Crippen LogP contribution in [-0.2, 0) is 17.8 Å². The van der Waals surface area contributed by atoms with E-state index in [1.165, 1.54) is 0 Å². The number of fused-ring (bicyclic) bond motifs is 3. The maximum Gasteiger partial charge on any atom is 0.228 e. The van der Waals surface area contributed by atoms with E-state index in [-0.39, 0.29) is 11.8 Å². The molecule has 0 radical (unpaired) electrons. The number of carbonyl (C=O) groups excluding carboxylic acids is 1. The number of aryl methyl sites for hydroxylation is 1. The van der Waals surface area contributed by atoms with Gasteiger partial charge in [-0.15, -0.1) is 0 Å². The van der Waals surface area contributed by atoms with Gasteiger partial charge in [-0.25, -0.2) is 4.98 Å². The molecule has 1 amide bonds. The number of hydrogen-bond acceptors (Lipinski definition) is 3. The number of imidazole rings is 1. The molecule has 4 rings (SSSR count). The molecule has 1 aliphatic rings. The van der Waals surface area contributed by atoms with Gasteiger partial charge < -0.3 is 14.6 Å². The molecule has 1 N–H and O–H groups in total. The molecule has 0 bridgehead atoms. The monoisotopic (exact) mass is 321 g/mol. The minimum atomic E-state index is -0.0551. The van der Waals surface area contributed by atoms with E-state index >= 15 is 0 Å². The first-order valence-corrected chi connectivity index (χ1v) is 8.13. The minimum absolute atomic E-state index is 0.0431. The van der Waals surface area contributed by atoms with Crippen LogP contribution in [0, 0.1) is 5.92 Å². The summed E-state index contributed by atoms with van der Waals surface area (Å²) in [5, 5.41) is 2.99. The number of nitrogens with zero attached hydrogens (tertiary/aromatic N) is 2. The van der Waals surface area contributed by atoms with Crippen LogP contribution in [0.3, 0.4) is 0 Å². The number of aromatic nitrogens is 2. The Morgan fingerprint density at radius 2 is 2.12 bits per heavy atom. The zero-order valence-corrected chi connectivity index (χ0v) is 13.5. The van der Waals surface area contributed by atoms with Crippen molar-refractivity contribution in [1.29, 1.82) is 0 Å². The second-order valence-electron chi connectivity index (χ2n) is 6.08. The molecule has 1 aliphatic heterocycles. The molecule has 0 saturated carbocycles. The molecular formula is C19H19N3O2. The van der Waals surface area contributed by atoms with Crippen LogP contribution in [0.2, 0.25) is 0 Å². The number of methoxy groups -OCH3 is 1. The van der Waals surface area contributed by atoms with Gasteiger partial charge in [0.25, 0.3) is 0 Å². The summed E-state index contributed by atoms with van der Waals surface area (Å²) >= 11 is 0. The fraction of sp³-hybridized carbons (Fsp3) is 0.263. The smallest absolute Gasteiger partial charge is 0.228 e. The van der Waals surface area contributed by atoms with Crippen LogP contribution in [0.25, 0.3) is 11.0 Å². The molecule has 5 heteroatoms. The lowest BCUT2D eigenvalue weighted by molar-refractivity contribution is -0.120. The first kappa shape index (κ1) is 14.8. The number of carbonyl (C=O) groups is 1. The molecular weight excluding hydrogens is 302 g/mol. The third-order valence-electron chi connectivity index (χ3n) is 4.57. The molecule has 5 nitrogen and oxygen atoms in total. The first-order chi connectivity index (χ1) is 11.7. The van der Waals surface area contributed by atoms with E-state index in [0.29, 0.717) is 6.42 Å². The number of rotatable bonds is 3. The highest BCUT2D eigenvalue weighted by atomic mass is 16.5. The van der Waals surface area contributed by atoms with Crippen LogP contribution in [0.15, 0.2) is 48.5 Å². The largest absolute Gasteiger partial charge is 0.497 e. The Balaban J connectivity index is 1.52. The quantitative estimate of drug-likeness (QED) is 0.805. The van der Waals surface area contributed by atoms with Crippen LogP contribution in [0.4, 0.5) is 5.69 Å². The number of hydrogen-bond donors (Lipinski definition) is 1. The highest BCUT2D eigenvalue weighted by molar-refractivity contribution is 5.93. The van der Waals surface area contributed by atoms with Crippen LogP contribution in [-0.4, -0.2) is 22.6 Å². The Hall–Kier alpha value is -2.82. The van der Waals surface area contributed by atoms with Crippen LogP contribution in [0.1, 0.15) is 12.2 Å². The number of benzene rings is 2. The molecule has 0 spiro atoms. The normalized spacial score (nSPS) is 16.6. The summed E-state index contributed by atoms with van der Waals surface area (Å²) < 4.78 is 7.42. The van der Waals surface area contributed by atoms with Gasteiger partial charge in [0.2, 0.25) is 5.91 Å². The zero-order valence-electron chi connectivity index (χ0n) is 13.5. The minimum Gasteiger partial charge on any atom is -0.497 e. The topological polar surface area (TPSA) is 56.1 Å². The van der Waals surface area contributed by atoms with E-state index < -0.39 is 0 Å².